The fourth-order valence-corrected chi connectivity index (χ4v) is 2.34. The van der Waals surface area contributed by atoms with E-state index in [0.29, 0.717) is 13.1 Å². The highest BCUT2D eigenvalue weighted by molar-refractivity contribution is 5.76. The van der Waals surface area contributed by atoms with E-state index in [4.69, 9.17) is 5.11 Å². The topological polar surface area (TPSA) is 98.3 Å². The van der Waals surface area contributed by atoms with E-state index in [1.54, 1.807) is 17.4 Å². The first-order valence-electron chi connectivity index (χ1n) is 6.40. The maximum atomic E-state index is 12.1. The molecule has 0 aliphatic carbocycles. The second-order valence-electron chi connectivity index (χ2n) is 4.68. The van der Waals surface area contributed by atoms with Gasteiger partial charge in [0, 0.05) is 18.8 Å². The molecule has 2 rings (SSSR count). The number of likely N-dealkylation sites (tertiary alicyclic amines) is 1. The summed E-state index contributed by atoms with van der Waals surface area (Å²) in [5, 5.41) is 11.7. The van der Waals surface area contributed by atoms with Crippen molar-refractivity contribution in [3.05, 3.63) is 18.2 Å². The van der Waals surface area contributed by atoms with E-state index in [9.17, 15) is 9.59 Å². The van der Waals surface area contributed by atoms with Gasteiger partial charge in [-0.3, -0.25) is 4.79 Å². The van der Waals surface area contributed by atoms with Gasteiger partial charge in [-0.15, -0.1) is 0 Å². The normalized spacial score (nSPS) is 19.2. The highest BCUT2D eigenvalue weighted by atomic mass is 16.4. The van der Waals surface area contributed by atoms with Gasteiger partial charge in [0.05, 0.1) is 25.0 Å². The van der Waals surface area contributed by atoms with Gasteiger partial charge in [0.15, 0.2) is 0 Å². The van der Waals surface area contributed by atoms with E-state index in [0.717, 1.165) is 25.0 Å². The van der Waals surface area contributed by atoms with Crippen molar-refractivity contribution in [2.75, 3.05) is 6.54 Å². The molecule has 1 unspecified atom stereocenters. The lowest BCUT2D eigenvalue weighted by atomic mass is 10.00. The number of carboxylic acid groups (broad SMARTS) is 1. The molecule has 19 heavy (non-hydrogen) atoms. The second-order valence-corrected chi connectivity index (χ2v) is 4.68. The summed E-state index contributed by atoms with van der Waals surface area (Å²) < 4.78 is 0. The molecule has 1 atom stereocenters. The Morgan fingerprint density at radius 3 is 3.05 bits per heavy atom. The fraction of sp³-hybridized carbons (Fsp3) is 0.583. The van der Waals surface area contributed by atoms with Crippen molar-refractivity contribution in [1.29, 1.82) is 0 Å². The van der Waals surface area contributed by atoms with E-state index in [1.165, 1.54) is 0 Å². The van der Waals surface area contributed by atoms with Crippen LogP contribution in [0.25, 0.3) is 0 Å². The number of carboxylic acids is 1. The number of hydrogen-bond acceptors (Lipinski definition) is 3. The third-order valence-electron chi connectivity index (χ3n) is 3.28. The number of nitrogens with one attached hydrogen (secondary N) is 2. The minimum atomic E-state index is -0.863. The summed E-state index contributed by atoms with van der Waals surface area (Å²) in [6.07, 6.45) is 5.86. The standard InChI is InChI=1S/C12H18N4O3/c17-11(18)5-10-3-1-2-4-16(10)12(19)14-7-9-6-13-8-15-9/h6,8,10H,1-5,7H2,(H,13,15)(H,14,19)(H,17,18). The molecule has 1 aromatic heterocycles. The molecule has 7 heteroatoms. The van der Waals surface area contributed by atoms with Crippen molar-refractivity contribution < 1.29 is 14.7 Å². The van der Waals surface area contributed by atoms with Crippen molar-refractivity contribution in [2.24, 2.45) is 0 Å². The summed E-state index contributed by atoms with van der Waals surface area (Å²) in [5.41, 5.74) is 0.820. The SMILES string of the molecule is O=C(O)CC1CCCCN1C(=O)NCc1cnc[nH]1. The van der Waals surface area contributed by atoms with Gasteiger partial charge in [0.25, 0.3) is 0 Å². The van der Waals surface area contributed by atoms with Crippen LogP contribution in [0.2, 0.25) is 0 Å². The van der Waals surface area contributed by atoms with Gasteiger partial charge in [-0.2, -0.15) is 0 Å². The van der Waals surface area contributed by atoms with Gasteiger partial charge < -0.3 is 20.3 Å². The molecule has 0 spiro atoms. The number of amides is 2. The number of urea groups is 1. The number of aliphatic carboxylic acids is 1. The molecule has 2 heterocycles. The molecule has 1 saturated heterocycles. The Morgan fingerprint density at radius 2 is 2.37 bits per heavy atom. The first kappa shape index (κ1) is 13.4. The average Bonchev–Trinajstić information content (AvgIpc) is 2.89. The molecule has 3 N–H and O–H groups in total. The lowest BCUT2D eigenvalue weighted by Crippen LogP contribution is -2.49. The highest BCUT2D eigenvalue weighted by Gasteiger charge is 2.28. The summed E-state index contributed by atoms with van der Waals surface area (Å²) in [6, 6.07) is -0.409. The molecular formula is C12H18N4O3. The quantitative estimate of drug-likeness (QED) is 0.755. The number of H-pyrrole nitrogens is 1. The van der Waals surface area contributed by atoms with Gasteiger partial charge in [-0.05, 0) is 19.3 Å². The number of imidazole rings is 1. The number of carbonyl (C=O) groups is 2. The summed E-state index contributed by atoms with van der Waals surface area (Å²) in [5.74, 6) is -0.863. The van der Waals surface area contributed by atoms with Crippen molar-refractivity contribution in [3.63, 3.8) is 0 Å². The molecule has 1 fully saturated rings. The number of carbonyl (C=O) groups excluding carboxylic acids is 1. The summed E-state index contributed by atoms with van der Waals surface area (Å²) >= 11 is 0. The average molecular weight is 266 g/mol. The predicted molar refractivity (Wildman–Crippen MR) is 67.4 cm³/mol. The summed E-state index contributed by atoms with van der Waals surface area (Å²) in [4.78, 5) is 31.3. The van der Waals surface area contributed by atoms with Crippen LogP contribution in [-0.2, 0) is 11.3 Å². The number of aromatic nitrogens is 2. The van der Waals surface area contributed by atoms with Crippen LogP contribution in [0, 0.1) is 0 Å². The highest BCUT2D eigenvalue weighted by Crippen LogP contribution is 2.19. The smallest absolute Gasteiger partial charge is 0.317 e. The van der Waals surface area contributed by atoms with E-state index < -0.39 is 5.97 Å². The number of hydrogen-bond donors (Lipinski definition) is 3. The predicted octanol–water partition coefficient (Wildman–Crippen LogP) is 0.948. The van der Waals surface area contributed by atoms with Gasteiger partial charge in [-0.1, -0.05) is 0 Å². The molecule has 0 bridgehead atoms. The van der Waals surface area contributed by atoms with Crippen LogP contribution >= 0.6 is 0 Å². The Kier molecular flexibility index (Phi) is 4.38. The zero-order chi connectivity index (χ0) is 13.7. The second kappa shape index (κ2) is 6.21. The molecule has 2 amide bonds. The Morgan fingerprint density at radius 1 is 1.53 bits per heavy atom. The van der Waals surface area contributed by atoms with Crippen LogP contribution in [0.5, 0.6) is 0 Å². The molecule has 0 aromatic carbocycles. The third kappa shape index (κ3) is 3.70. The largest absolute Gasteiger partial charge is 0.481 e. The van der Waals surface area contributed by atoms with Crippen molar-refractivity contribution in [1.82, 2.24) is 20.2 Å². The first-order valence-corrected chi connectivity index (χ1v) is 6.40. The number of aromatic amines is 1. The van der Waals surface area contributed by atoms with Gasteiger partial charge in [0.2, 0.25) is 0 Å². The molecule has 7 nitrogen and oxygen atoms in total. The lowest BCUT2D eigenvalue weighted by molar-refractivity contribution is -0.138. The van der Waals surface area contributed by atoms with Crippen molar-refractivity contribution in [2.45, 2.75) is 38.3 Å². The van der Waals surface area contributed by atoms with Crippen LogP contribution < -0.4 is 5.32 Å². The Balaban J connectivity index is 1.89. The summed E-state index contributed by atoms with van der Waals surface area (Å²) in [6.45, 7) is 0.988. The zero-order valence-electron chi connectivity index (χ0n) is 10.6. The number of piperidine rings is 1. The zero-order valence-corrected chi connectivity index (χ0v) is 10.6. The van der Waals surface area contributed by atoms with Gasteiger partial charge >= 0.3 is 12.0 Å². The Labute approximate surface area is 111 Å². The molecule has 0 saturated carbocycles. The van der Waals surface area contributed by atoms with Crippen LogP contribution in [0.1, 0.15) is 31.4 Å². The molecule has 104 valence electrons. The molecular weight excluding hydrogens is 248 g/mol. The third-order valence-corrected chi connectivity index (χ3v) is 3.28. The fourth-order valence-electron chi connectivity index (χ4n) is 2.34. The van der Waals surface area contributed by atoms with Crippen LogP contribution in [-0.4, -0.2) is 44.6 Å². The monoisotopic (exact) mass is 266 g/mol. The summed E-state index contributed by atoms with van der Waals surface area (Å²) in [7, 11) is 0. The van der Waals surface area contributed by atoms with E-state index >= 15 is 0 Å². The minimum Gasteiger partial charge on any atom is -0.481 e. The van der Waals surface area contributed by atoms with Crippen molar-refractivity contribution in [3.8, 4) is 0 Å². The Hall–Kier alpha value is -2.05. The molecule has 1 aromatic rings. The number of rotatable bonds is 4. The minimum absolute atomic E-state index is 0.0114. The van der Waals surface area contributed by atoms with Crippen LogP contribution in [0.3, 0.4) is 0 Å². The first-order chi connectivity index (χ1) is 9.16. The maximum absolute atomic E-state index is 12.1. The lowest BCUT2D eigenvalue weighted by Gasteiger charge is -2.34. The van der Waals surface area contributed by atoms with Crippen LogP contribution in [0.15, 0.2) is 12.5 Å². The molecule has 1 aliphatic heterocycles. The van der Waals surface area contributed by atoms with Crippen LogP contribution in [0.4, 0.5) is 4.79 Å². The van der Waals surface area contributed by atoms with E-state index in [1.807, 2.05) is 0 Å². The maximum Gasteiger partial charge on any atom is 0.317 e. The van der Waals surface area contributed by atoms with Gasteiger partial charge in [0.1, 0.15) is 0 Å². The van der Waals surface area contributed by atoms with E-state index in [-0.39, 0.29) is 18.5 Å². The van der Waals surface area contributed by atoms with Crippen molar-refractivity contribution >= 4 is 12.0 Å². The molecule has 0 radical (unpaired) electrons. The van der Waals surface area contributed by atoms with Gasteiger partial charge in [-0.25, -0.2) is 9.78 Å². The Bertz CT molecular complexity index is 432. The number of nitrogens with zero attached hydrogens (tertiary/aromatic N) is 2. The molecule has 1 aliphatic rings. The van der Waals surface area contributed by atoms with E-state index in [2.05, 4.69) is 15.3 Å².